The maximum atomic E-state index is 11.6. The fourth-order valence-corrected chi connectivity index (χ4v) is 2.33. The molecule has 0 radical (unpaired) electrons. The highest BCUT2D eigenvalue weighted by Gasteiger charge is 2.47. The van der Waals surface area contributed by atoms with Gasteiger partial charge in [-0.25, -0.2) is 9.78 Å². The second-order valence-corrected chi connectivity index (χ2v) is 6.14. The Morgan fingerprint density at radius 2 is 2.21 bits per heavy atom. The minimum atomic E-state index is -0.946. The number of carbonyl (C=O) groups is 1. The van der Waals surface area contributed by atoms with E-state index in [1.807, 2.05) is 27.8 Å². The van der Waals surface area contributed by atoms with Crippen LogP contribution in [0.4, 0.5) is 4.79 Å². The van der Waals surface area contributed by atoms with Crippen molar-refractivity contribution in [2.75, 3.05) is 0 Å². The number of hydrogen-bond donors (Lipinski definition) is 2. The summed E-state index contributed by atoms with van der Waals surface area (Å²) < 4.78 is 6.97. The van der Waals surface area contributed by atoms with Gasteiger partial charge in [-0.1, -0.05) is 0 Å². The van der Waals surface area contributed by atoms with Crippen LogP contribution in [-0.2, 0) is 17.4 Å². The van der Waals surface area contributed by atoms with Crippen LogP contribution in [0.15, 0.2) is 12.4 Å². The van der Waals surface area contributed by atoms with Crippen LogP contribution in [-0.4, -0.2) is 32.4 Å². The second-order valence-electron chi connectivity index (χ2n) is 6.14. The zero-order chi connectivity index (χ0) is 14.3. The summed E-state index contributed by atoms with van der Waals surface area (Å²) in [6.07, 6.45) is 3.91. The van der Waals surface area contributed by atoms with Gasteiger partial charge >= 0.3 is 6.09 Å². The molecule has 0 aromatic carbocycles. The molecular formula is C13H21N3O3. The number of hydrogen-bond acceptors (Lipinski definition) is 4. The first-order chi connectivity index (χ1) is 8.70. The van der Waals surface area contributed by atoms with Crippen molar-refractivity contribution in [2.24, 2.45) is 7.05 Å². The first-order valence-corrected chi connectivity index (χ1v) is 6.39. The third-order valence-electron chi connectivity index (χ3n) is 3.13. The van der Waals surface area contributed by atoms with Crippen LogP contribution in [0.3, 0.4) is 0 Å². The summed E-state index contributed by atoms with van der Waals surface area (Å²) in [5.74, 6) is 0.634. The van der Waals surface area contributed by atoms with Gasteiger partial charge < -0.3 is 19.7 Å². The highest BCUT2D eigenvalue weighted by atomic mass is 16.6. The van der Waals surface area contributed by atoms with E-state index in [0.717, 1.165) is 0 Å². The van der Waals surface area contributed by atoms with E-state index < -0.39 is 17.3 Å². The van der Waals surface area contributed by atoms with E-state index in [9.17, 15) is 9.90 Å². The summed E-state index contributed by atoms with van der Waals surface area (Å²) in [7, 11) is 1.84. The Labute approximate surface area is 112 Å². The number of aryl methyl sites for hydroxylation is 1. The lowest BCUT2D eigenvalue weighted by Crippen LogP contribution is -2.54. The van der Waals surface area contributed by atoms with Crippen molar-refractivity contribution in [2.45, 2.75) is 50.9 Å². The van der Waals surface area contributed by atoms with Gasteiger partial charge in [-0.05, 0) is 20.8 Å². The van der Waals surface area contributed by atoms with Gasteiger partial charge in [-0.2, -0.15) is 0 Å². The molecular weight excluding hydrogens is 246 g/mol. The molecule has 2 rings (SSSR count). The molecule has 106 valence electrons. The highest BCUT2D eigenvalue weighted by Crippen LogP contribution is 2.40. The van der Waals surface area contributed by atoms with E-state index in [-0.39, 0.29) is 6.04 Å². The molecule has 1 amide bonds. The van der Waals surface area contributed by atoms with Gasteiger partial charge in [0.05, 0.1) is 0 Å². The van der Waals surface area contributed by atoms with Crippen LogP contribution in [0.5, 0.6) is 0 Å². The maximum absolute atomic E-state index is 11.6. The molecule has 0 bridgehead atoms. The summed E-state index contributed by atoms with van der Waals surface area (Å²) in [5, 5.41) is 13.1. The lowest BCUT2D eigenvalue weighted by molar-refractivity contribution is -0.0714. The number of nitrogens with zero attached hydrogens (tertiary/aromatic N) is 2. The van der Waals surface area contributed by atoms with Crippen LogP contribution in [0.1, 0.15) is 39.4 Å². The number of rotatable bonds is 2. The molecule has 19 heavy (non-hydrogen) atoms. The fourth-order valence-electron chi connectivity index (χ4n) is 2.33. The predicted octanol–water partition coefficient (Wildman–Crippen LogP) is 1.29. The molecule has 6 heteroatoms. The molecule has 1 aliphatic carbocycles. The predicted molar refractivity (Wildman–Crippen MR) is 69.5 cm³/mol. The third-order valence-corrected chi connectivity index (χ3v) is 3.13. The van der Waals surface area contributed by atoms with Gasteiger partial charge in [0.2, 0.25) is 0 Å². The molecule has 1 aromatic rings. The second kappa shape index (κ2) is 4.52. The molecule has 6 nitrogen and oxygen atoms in total. The van der Waals surface area contributed by atoms with Gasteiger partial charge in [0, 0.05) is 38.3 Å². The van der Waals surface area contributed by atoms with Crippen molar-refractivity contribution in [1.82, 2.24) is 14.9 Å². The van der Waals surface area contributed by atoms with Crippen molar-refractivity contribution in [3.05, 3.63) is 18.2 Å². The van der Waals surface area contributed by atoms with Crippen LogP contribution < -0.4 is 5.32 Å². The zero-order valence-corrected chi connectivity index (χ0v) is 11.8. The smallest absolute Gasteiger partial charge is 0.407 e. The van der Waals surface area contributed by atoms with Crippen molar-refractivity contribution in [3.63, 3.8) is 0 Å². The Kier molecular flexibility index (Phi) is 3.30. The van der Waals surface area contributed by atoms with E-state index in [0.29, 0.717) is 18.7 Å². The number of ether oxygens (including phenoxy) is 1. The molecule has 1 aliphatic rings. The van der Waals surface area contributed by atoms with Crippen LogP contribution in [0.2, 0.25) is 0 Å². The Balaban J connectivity index is 1.87. The fraction of sp³-hybridized carbons (Fsp3) is 0.692. The number of amides is 1. The van der Waals surface area contributed by atoms with E-state index in [1.54, 1.807) is 17.0 Å². The quantitative estimate of drug-likeness (QED) is 0.846. The van der Waals surface area contributed by atoms with Crippen molar-refractivity contribution < 1.29 is 14.6 Å². The minimum Gasteiger partial charge on any atom is -0.444 e. The van der Waals surface area contributed by atoms with E-state index >= 15 is 0 Å². The molecule has 0 aliphatic heterocycles. The molecule has 0 unspecified atom stereocenters. The first-order valence-electron chi connectivity index (χ1n) is 6.39. The molecule has 2 N–H and O–H groups in total. The van der Waals surface area contributed by atoms with Crippen LogP contribution in [0, 0.1) is 0 Å². The SMILES string of the molecule is Cn1ccnc1C1(O)CC(NC(=O)OC(C)(C)C)C1. The van der Waals surface area contributed by atoms with Crippen molar-refractivity contribution in [1.29, 1.82) is 0 Å². The number of aliphatic hydroxyl groups is 1. The lowest BCUT2D eigenvalue weighted by Gasteiger charge is -2.43. The number of carbonyl (C=O) groups excluding carboxylic acids is 1. The zero-order valence-electron chi connectivity index (χ0n) is 11.8. The monoisotopic (exact) mass is 267 g/mol. The molecule has 0 atom stereocenters. The summed E-state index contributed by atoms with van der Waals surface area (Å²) >= 11 is 0. The third kappa shape index (κ3) is 3.07. The maximum Gasteiger partial charge on any atom is 0.407 e. The van der Waals surface area contributed by atoms with Gasteiger partial charge in [-0.15, -0.1) is 0 Å². The summed E-state index contributed by atoms with van der Waals surface area (Å²) in [6, 6.07) is -0.0726. The van der Waals surface area contributed by atoms with Gasteiger partial charge in [0.15, 0.2) is 0 Å². The molecule has 1 saturated carbocycles. The van der Waals surface area contributed by atoms with Crippen LogP contribution >= 0.6 is 0 Å². The highest BCUT2D eigenvalue weighted by molar-refractivity contribution is 5.68. The Morgan fingerprint density at radius 1 is 1.58 bits per heavy atom. The van der Waals surface area contributed by atoms with Crippen molar-refractivity contribution >= 4 is 6.09 Å². The van der Waals surface area contributed by atoms with Crippen LogP contribution in [0.25, 0.3) is 0 Å². The molecule has 1 heterocycles. The molecule has 0 saturated heterocycles. The van der Waals surface area contributed by atoms with Crippen molar-refractivity contribution in [3.8, 4) is 0 Å². The number of aromatic nitrogens is 2. The molecule has 0 spiro atoms. The lowest BCUT2D eigenvalue weighted by atomic mass is 9.75. The largest absolute Gasteiger partial charge is 0.444 e. The van der Waals surface area contributed by atoms with Gasteiger partial charge in [0.25, 0.3) is 0 Å². The Morgan fingerprint density at radius 3 is 2.68 bits per heavy atom. The number of imidazole rings is 1. The normalized spacial score (nSPS) is 26.7. The Bertz CT molecular complexity index is 470. The molecule has 1 fully saturated rings. The first kappa shape index (κ1) is 13.9. The molecule has 1 aromatic heterocycles. The topological polar surface area (TPSA) is 76.4 Å². The van der Waals surface area contributed by atoms with E-state index in [1.165, 1.54) is 0 Å². The standard InChI is InChI=1S/C13H21N3O3/c1-12(2,3)19-11(17)15-9-7-13(18,8-9)10-14-5-6-16(10)4/h5-6,9,18H,7-8H2,1-4H3,(H,15,17). The summed E-state index contributed by atoms with van der Waals surface area (Å²) in [5.41, 5.74) is -1.46. The van der Waals surface area contributed by atoms with Gasteiger partial charge in [-0.3, -0.25) is 0 Å². The van der Waals surface area contributed by atoms with E-state index in [2.05, 4.69) is 10.3 Å². The minimum absolute atomic E-state index is 0.0726. The number of nitrogens with one attached hydrogen (secondary N) is 1. The average molecular weight is 267 g/mol. The number of alkyl carbamates (subject to hydrolysis) is 1. The summed E-state index contributed by atoms with van der Waals surface area (Å²) in [6.45, 7) is 5.45. The average Bonchev–Trinajstić information content (AvgIpc) is 2.59. The van der Waals surface area contributed by atoms with Gasteiger partial charge in [0.1, 0.15) is 17.0 Å². The Hall–Kier alpha value is -1.56. The van der Waals surface area contributed by atoms with E-state index in [4.69, 9.17) is 4.74 Å². The summed E-state index contributed by atoms with van der Waals surface area (Å²) in [4.78, 5) is 15.7.